The van der Waals surface area contributed by atoms with Crippen molar-refractivity contribution in [3.8, 4) is 12.1 Å². The number of anilines is 1. The predicted molar refractivity (Wildman–Crippen MR) is 90.2 cm³/mol. The third kappa shape index (κ3) is 3.23. The molecule has 7 heteroatoms. The molecule has 2 aromatic rings. The number of rotatable bonds is 3. The van der Waals surface area contributed by atoms with Gasteiger partial charge in [-0.3, -0.25) is 4.90 Å². The molecule has 1 aromatic heterocycles. The lowest BCUT2D eigenvalue weighted by atomic mass is 10.1. The lowest BCUT2D eigenvalue weighted by Crippen LogP contribution is -2.46. The summed E-state index contributed by atoms with van der Waals surface area (Å²) < 4.78 is 18.3. The van der Waals surface area contributed by atoms with Gasteiger partial charge in [-0.2, -0.15) is 14.9 Å². The van der Waals surface area contributed by atoms with E-state index in [2.05, 4.69) is 20.2 Å². The minimum absolute atomic E-state index is 0.332. The third-order valence-corrected chi connectivity index (χ3v) is 5.19. The summed E-state index contributed by atoms with van der Waals surface area (Å²) in [6, 6.07) is 8.78. The van der Waals surface area contributed by atoms with Gasteiger partial charge >= 0.3 is 0 Å². The number of hydrogen-bond donors (Lipinski definition) is 0. The van der Waals surface area contributed by atoms with E-state index in [0.29, 0.717) is 23.2 Å². The quantitative estimate of drug-likeness (QED) is 0.858. The number of aromatic nitrogens is 1. The molecule has 1 aliphatic rings. The van der Waals surface area contributed by atoms with Gasteiger partial charge in [0.05, 0.1) is 17.3 Å². The lowest BCUT2D eigenvalue weighted by molar-refractivity contribution is 0.247. The Kier molecular flexibility index (Phi) is 4.75. The van der Waals surface area contributed by atoms with E-state index in [4.69, 9.17) is 5.26 Å². The highest BCUT2D eigenvalue weighted by Crippen LogP contribution is 2.28. The van der Waals surface area contributed by atoms with Gasteiger partial charge in [-0.25, -0.2) is 4.39 Å². The van der Waals surface area contributed by atoms with E-state index in [0.717, 1.165) is 36.9 Å². The van der Waals surface area contributed by atoms with Crippen molar-refractivity contribution >= 4 is 16.5 Å². The zero-order chi connectivity index (χ0) is 17.1. The van der Waals surface area contributed by atoms with Crippen molar-refractivity contribution in [2.45, 2.75) is 13.5 Å². The molecule has 0 N–H and O–H groups in total. The van der Waals surface area contributed by atoms with Gasteiger partial charge in [0.15, 0.2) is 0 Å². The largest absolute Gasteiger partial charge is 0.359 e. The molecule has 1 aliphatic heterocycles. The summed E-state index contributed by atoms with van der Waals surface area (Å²) in [6.45, 7) is 5.53. The second-order valence-corrected chi connectivity index (χ2v) is 6.49. The van der Waals surface area contributed by atoms with E-state index in [1.54, 1.807) is 12.1 Å². The number of hydrogen-bond acceptors (Lipinski definition) is 6. The van der Waals surface area contributed by atoms with Gasteiger partial charge in [0.1, 0.15) is 22.5 Å². The van der Waals surface area contributed by atoms with Crippen molar-refractivity contribution in [2.75, 3.05) is 31.1 Å². The molecular weight excluding hydrogens is 325 g/mol. The van der Waals surface area contributed by atoms with Crippen molar-refractivity contribution in [1.29, 1.82) is 10.5 Å². The van der Waals surface area contributed by atoms with Crippen molar-refractivity contribution < 1.29 is 4.39 Å². The van der Waals surface area contributed by atoms with Crippen LogP contribution in [0.5, 0.6) is 0 Å². The highest BCUT2D eigenvalue weighted by molar-refractivity contribution is 7.10. The molecule has 1 aromatic carbocycles. The SMILES string of the molecule is Cc1nsc(N2CCN(Cc3ccc(C#N)cc3F)CC2)c1C#N. The molecule has 1 fully saturated rings. The van der Waals surface area contributed by atoms with Crippen LogP contribution in [-0.4, -0.2) is 35.5 Å². The maximum Gasteiger partial charge on any atom is 0.130 e. The first-order valence-corrected chi connectivity index (χ1v) is 8.42. The molecule has 0 saturated carbocycles. The van der Waals surface area contributed by atoms with E-state index in [9.17, 15) is 9.65 Å². The molecule has 0 unspecified atom stereocenters. The Bertz CT molecular complexity index is 824. The predicted octanol–water partition coefficient (Wildman–Crippen LogP) is 2.66. The van der Waals surface area contributed by atoms with Gasteiger partial charge in [0.25, 0.3) is 0 Å². The minimum atomic E-state index is -0.332. The second-order valence-electron chi connectivity index (χ2n) is 5.74. The van der Waals surface area contributed by atoms with Crippen LogP contribution in [0.4, 0.5) is 9.39 Å². The third-order valence-electron chi connectivity index (χ3n) is 4.19. The smallest absolute Gasteiger partial charge is 0.130 e. The van der Waals surface area contributed by atoms with E-state index in [1.165, 1.54) is 17.6 Å². The van der Waals surface area contributed by atoms with E-state index >= 15 is 0 Å². The molecule has 122 valence electrons. The fraction of sp³-hybridized carbons (Fsp3) is 0.353. The van der Waals surface area contributed by atoms with Crippen LogP contribution >= 0.6 is 11.5 Å². The van der Waals surface area contributed by atoms with Crippen LogP contribution in [0, 0.1) is 35.4 Å². The number of piperazine rings is 1. The summed E-state index contributed by atoms with van der Waals surface area (Å²) in [5.74, 6) is -0.332. The van der Waals surface area contributed by atoms with E-state index in [-0.39, 0.29) is 5.82 Å². The van der Waals surface area contributed by atoms with Crippen LogP contribution in [-0.2, 0) is 6.54 Å². The van der Waals surface area contributed by atoms with Crippen LogP contribution in [0.25, 0.3) is 0 Å². The van der Waals surface area contributed by atoms with Crippen molar-refractivity contribution in [2.24, 2.45) is 0 Å². The molecule has 2 heterocycles. The van der Waals surface area contributed by atoms with Gasteiger partial charge in [-0.15, -0.1) is 0 Å². The van der Waals surface area contributed by atoms with E-state index < -0.39 is 0 Å². The number of nitrogens with zero attached hydrogens (tertiary/aromatic N) is 5. The summed E-state index contributed by atoms with van der Waals surface area (Å²) in [5, 5.41) is 19.0. The number of halogens is 1. The number of nitriles is 2. The van der Waals surface area contributed by atoms with Crippen LogP contribution in [0.3, 0.4) is 0 Å². The highest BCUT2D eigenvalue weighted by atomic mass is 32.1. The minimum Gasteiger partial charge on any atom is -0.359 e. The van der Waals surface area contributed by atoms with E-state index in [1.807, 2.05) is 13.0 Å². The summed E-state index contributed by atoms with van der Waals surface area (Å²) in [7, 11) is 0. The average molecular weight is 341 g/mol. The fourth-order valence-electron chi connectivity index (χ4n) is 2.80. The first-order chi connectivity index (χ1) is 11.6. The van der Waals surface area contributed by atoms with Crippen LogP contribution in [0.1, 0.15) is 22.4 Å². The van der Waals surface area contributed by atoms with Crippen LogP contribution < -0.4 is 4.90 Å². The average Bonchev–Trinajstić information content (AvgIpc) is 2.98. The van der Waals surface area contributed by atoms with Gasteiger partial charge < -0.3 is 4.90 Å². The van der Waals surface area contributed by atoms with Crippen LogP contribution in [0.15, 0.2) is 18.2 Å². The fourth-order valence-corrected chi connectivity index (χ4v) is 3.69. The molecule has 0 amide bonds. The van der Waals surface area contributed by atoms with Crippen molar-refractivity contribution in [3.63, 3.8) is 0 Å². The molecule has 0 atom stereocenters. The Labute approximate surface area is 144 Å². The summed E-state index contributed by atoms with van der Waals surface area (Å²) in [6.07, 6.45) is 0. The molecule has 1 saturated heterocycles. The summed E-state index contributed by atoms with van der Waals surface area (Å²) >= 11 is 1.36. The Balaban J connectivity index is 1.63. The Morgan fingerprint density at radius 3 is 2.58 bits per heavy atom. The van der Waals surface area contributed by atoms with Crippen molar-refractivity contribution in [3.05, 3.63) is 46.4 Å². The van der Waals surface area contributed by atoms with Gasteiger partial charge in [-0.1, -0.05) is 6.07 Å². The van der Waals surface area contributed by atoms with Gasteiger partial charge in [-0.05, 0) is 30.6 Å². The molecule has 0 radical (unpaired) electrons. The molecule has 0 spiro atoms. The number of aryl methyl sites for hydroxylation is 1. The standard InChI is InChI=1S/C17H16FN5S/c1-12-15(10-20)17(24-21-12)23-6-4-22(5-7-23)11-14-3-2-13(9-19)8-16(14)18/h2-3,8H,4-7,11H2,1H3. The topological polar surface area (TPSA) is 67.0 Å². The highest BCUT2D eigenvalue weighted by Gasteiger charge is 2.22. The zero-order valence-corrected chi connectivity index (χ0v) is 14.1. The number of benzene rings is 1. The maximum absolute atomic E-state index is 14.0. The molecule has 24 heavy (non-hydrogen) atoms. The molecule has 3 rings (SSSR count). The first-order valence-electron chi connectivity index (χ1n) is 7.64. The van der Waals surface area contributed by atoms with Crippen LogP contribution in [0.2, 0.25) is 0 Å². The normalized spacial score (nSPS) is 15.1. The second kappa shape index (κ2) is 6.96. The first kappa shape index (κ1) is 16.4. The molecular formula is C17H16FN5S. The monoisotopic (exact) mass is 341 g/mol. The maximum atomic E-state index is 14.0. The van der Waals surface area contributed by atoms with Gasteiger partial charge in [0.2, 0.25) is 0 Å². The molecule has 0 bridgehead atoms. The zero-order valence-electron chi connectivity index (χ0n) is 13.3. The molecule has 5 nitrogen and oxygen atoms in total. The summed E-state index contributed by atoms with van der Waals surface area (Å²) in [5.41, 5.74) is 2.38. The Hall–Kier alpha value is -2.48. The van der Waals surface area contributed by atoms with Crippen molar-refractivity contribution in [1.82, 2.24) is 9.27 Å². The Morgan fingerprint density at radius 1 is 1.21 bits per heavy atom. The van der Waals surface area contributed by atoms with Gasteiger partial charge in [0, 0.05) is 38.3 Å². The lowest BCUT2D eigenvalue weighted by Gasteiger charge is -2.35. The summed E-state index contributed by atoms with van der Waals surface area (Å²) in [4.78, 5) is 4.36. The molecule has 0 aliphatic carbocycles. The Morgan fingerprint density at radius 2 is 1.96 bits per heavy atom.